The molecule has 154 valence electrons. The molecule has 29 heavy (non-hydrogen) atoms. The summed E-state index contributed by atoms with van der Waals surface area (Å²) in [5.74, 6) is -1.96. The molecule has 1 heterocycles. The second-order valence-corrected chi connectivity index (χ2v) is 7.88. The molecule has 1 saturated heterocycles. The highest BCUT2D eigenvalue weighted by atomic mass is 16.6. The van der Waals surface area contributed by atoms with Crippen molar-refractivity contribution in [1.29, 1.82) is 0 Å². The van der Waals surface area contributed by atoms with E-state index in [0.717, 1.165) is 4.90 Å². The van der Waals surface area contributed by atoms with Gasteiger partial charge in [-0.15, -0.1) is 0 Å². The van der Waals surface area contributed by atoms with Crippen molar-refractivity contribution in [3.05, 3.63) is 52.1 Å². The summed E-state index contributed by atoms with van der Waals surface area (Å²) in [5.41, 5.74) is 0.534. The van der Waals surface area contributed by atoms with Gasteiger partial charge in [-0.3, -0.25) is 24.6 Å². The van der Waals surface area contributed by atoms with E-state index < -0.39 is 28.8 Å². The number of carbonyl (C=O) groups is 3. The highest BCUT2D eigenvalue weighted by Crippen LogP contribution is 2.37. The Hall–Kier alpha value is -3.03. The van der Waals surface area contributed by atoms with Gasteiger partial charge in [0, 0.05) is 12.1 Å². The van der Waals surface area contributed by atoms with Crippen LogP contribution in [-0.4, -0.2) is 33.6 Å². The Morgan fingerprint density at radius 2 is 1.69 bits per heavy atom. The number of fused-ring (bicyclic) bond motifs is 1. The van der Waals surface area contributed by atoms with Gasteiger partial charge < -0.3 is 4.74 Å². The van der Waals surface area contributed by atoms with E-state index in [2.05, 4.69) is 0 Å². The number of nitro groups is 1. The first-order chi connectivity index (χ1) is 13.8. The van der Waals surface area contributed by atoms with E-state index in [1.807, 2.05) is 26.0 Å². The number of nitro benzene ring substituents is 1. The number of benzene rings is 1. The molecule has 1 aromatic carbocycles. The first kappa shape index (κ1) is 20.7. The average molecular weight is 400 g/mol. The highest BCUT2D eigenvalue weighted by Gasteiger charge is 2.51. The summed E-state index contributed by atoms with van der Waals surface area (Å²) in [6.07, 6.45) is 5.15. The number of allylic oxidation sites excluding steroid dienone is 2. The minimum atomic E-state index is -0.960. The van der Waals surface area contributed by atoms with E-state index in [1.165, 1.54) is 24.3 Å². The number of hydrogen-bond acceptors (Lipinski definition) is 6. The molecule has 0 radical (unpaired) electrons. The van der Waals surface area contributed by atoms with E-state index in [9.17, 15) is 24.5 Å². The molecule has 3 unspecified atom stereocenters. The summed E-state index contributed by atoms with van der Waals surface area (Å²) in [6.45, 7) is 3.74. The van der Waals surface area contributed by atoms with E-state index in [0.29, 0.717) is 24.8 Å². The topological polar surface area (TPSA) is 107 Å². The van der Waals surface area contributed by atoms with Crippen molar-refractivity contribution in [3.8, 4) is 0 Å². The Bertz CT molecular complexity index is 819. The van der Waals surface area contributed by atoms with Crippen LogP contribution >= 0.6 is 0 Å². The van der Waals surface area contributed by atoms with E-state index in [1.54, 1.807) is 0 Å². The molecule has 8 nitrogen and oxygen atoms in total. The van der Waals surface area contributed by atoms with Crippen LogP contribution in [0.5, 0.6) is 0 Å². The molecule has 3 rings (SSSR count). The van der Waals surface area contributed by atoms with Gasteiger partial charge in [-0.05, 0) is 42.9 Å². The molecule has 0 aromatic heterocycles. The van der Waals surface area contributed by atoms with Crippen molar-refractivity contribution >= 4 is 23.5 Å². The summed E-state index contributed by atoms with van der Waals surface area (Å²) in [4.78, 5) is 49.9. The Labute approximate surface area is 168 Å². The van der Waals surface area contributed by atoms with Gasteiger partial charge in [0.25, 0.3) is 5.69 Å². The van der Waals surface area contributed by atoms with Crippen LogP contribution in [0.25, 0.3) is 0 Å². The van der Waals surface area contributed by atoms with E-state index in [4.69, 9.17) is 4.74 Å². The Morgan fingerprint density at radius 3 is 2.17 bits per heavy atom. The molecule has 0 spiro atoms. The van der Waals surface area contributed by atoms with Crippen LogP contribution in [0.2, 0.25) is 0 Å². The minimum Gasteiger partial charge on any atom is -0.459 e. The molecule has 1 fully saturated rings. The second-order valence-electron chi connectivity index (χ2n) is 7.88. The van der Waals surface area contributed by atoms with Gasteiger partial charge in [-0.25, -0.2) is 4.79 Å². The van der Waals surface area contributed by atoms with Crippen LogP contribution in [0.1, 0.15) is 38.7 Å². The summed E-state index contributed by atoms with van der Waals surface area (Å²) in [6, 6.07) is 4.73. The molecule has 3 atom stereocenters. The van der Waals surface area contributed by atoms with Gasteiger partial charge in [0.05, 0.1) is 16.8 Å². The zero-order valence-electron chi connectivity index (χ0n) is 16.4. The summed E-state index contributed by atoms with van der Waals surface area (Å²) >= 11 is 0. The first-order valence-electron chi connectivity index (χ1n) is 9.71. The largest absolute Gasteiger partial charge is 0.459 e. The lowest BCUT2D eigenvalue weighted by atomic mass is 9.85. The molecule has 2 aliphatic rings. The highest BCUT2D eigenvalue weighted by molar-refractivity contribution is 6.08. The Morgan fingerprint density at radius 1 is 1.14 bits per heavy atom. The van der Waals surface area contributed by atoms with Gasteiger partial charge >= 0.3 is 5.97 Å². The maximum atomic E-state index is 12.9. The maximum Gasteiger partial charge on any atom is 0.329 e. The van der Waals surface area contributed by atoms with Crippen molar-refractivity contribution in [2.45, 2.75) is 45.8 Å². The fourth-order valence-corrected chi connectivity index (χ4v) is 3.85. The zero-order valence-corrected chi connectivity index (χ0v) is 16.4. The number of rotatable bonds is 7. The van der Waals surface area contributed by atoms with Crippen LogP contribution in [0.3, 0.4) is 0 Å². The second kappa shape index (κ2) is 8.55. The molecular formula is C21H24N2O6. The standard InChI is InChI=1S/C21H24N2O6/c1-13(2)11-18(22-19(24)16-5-3-4-6-17(16)20(22)25)21(26)29-12-14-7-9-15(10-8-14)23(27)28/h3-4,7-10,13,16-18H,5-6,11-12H2,1-2H3. The first-order valence-corrected chi connectivity index (χ1v) is 9.71. The number of ether oxygens (including phenoxy) is 1. The van der Waals surface area contributed by atoms with Crippen LogP contribution in [0.15, 0.2) is 36.4 Å². The van der Waals surface area contributed by atoms with Gasteiger partial charge in [0.1, 0.15) is 12.6 Å². The van der Waals surface area contributed by atoms with E-state index in [-0.39, 0.29) is 30.0 Å². The van der Waals surface area contributed by atoms with Crippen LogP contribution < -0.4 is 0 Å². The Kier molecular flexibility index (Phi) is 6.10. The van der Waals surface area contributed by atoms with Crippen molar-refractivity contribution in [2.24, 2.45) is 17.8 Å². The zero-order chi connectivity index (χ0) is 21.1. The monoisotopic (exact) mass is 400 g/mol. The molecule has 8 heteroatoms. The number of likely N-dealkylation sites (tertiary alicyclic amines) is 1. The lowest BCUT2D eigenvalue weighted by Gasteiger charge is -2.26. The third-order valence-electron chi connectivity index (χ3n) is 5.35. The van der Waals surface area contributed by atoms with Crippen LogP contribution in [-0.2, 0) is 25.7 Å². The predicted molar refractivity (Wildman–Crippen MR) is 103 cm³/mol. The summed E-state index contributed by atoms with van der Waals surface area (Å²) in [5, 5.41) is 10.7. The number of non-ortho nitro benzene ring substituents is 1. The van der Waals surface area contributed by atoms with Crippen molar-refractivity contribution in [2.75, 3.05) is 0 Å². The van der Waals surface area contributed by atoms with Gasteiger partial charge in [-0.2, -0.15) is 0 Å². The molecule has 0 N–H and O–H groups in total. The lowest BCUT2D eigenvalue weighted by Crippen LogP contribution is -2.47. The number of nitrogens with zero attached hydrogens (tertiary/aromatic N) is 2. The molecule has 2 amide bonds. The third kappa shape index (κ3) is 4.36. The average Bonchev–Trinajstić information content (AvgIpc) is 2.95. The number of hydrogen-bond donors (Lipinski definition) is 0. The molecule has 0 saturated carbocycles. The fraction of sp³-hybridized carbons (Fsp3) is 0.476. The third-order valence-corrected chi connectivity index (χ3v) is 5.35. The van der Waals surface area contributed by atoms with E-state index >= 15 is 0 Å². The predicted octanol–water partition coefficient (Wildman–Crippen LogP) is 3.00. The SMILES string of the molecule is CC(C)CC(C(=O)OCc1ccc([N+](=O)[O-])cc1)N1C(=O)C2CC=CCC2C1=O. The maximum absolute atomic E-state index is 12.9. The van der Waals surface area contributed by atoms with Crippen LogP contribution in [0.4, 0.5) is 5.69 Å². The van der Waals surface area contributed by atoms with Gasteiger partial charge in [-0.1, -0.05) is 26.0 Å². The summed E-state index contributed by atoms with van der Waals surface area (Å²) in [7, 11) is 0. The van der Waals surface area contributed by atoms with Gasteiger partial charge in [0.2, 0.25) is 11.8 Å². The van der Waals surface area contributed by atoms with Crippen molar-refractivity contribution in [3.63, 3.8) is 0 Å². The molecule has 1 aromatic rings. The van der Waals surface area contributed by atoms with Crippen LogP contribution in [0, 0.1) is 27.9 Å². The molecule has 1 aliphatic carbocycles. The normalized spacial score (nSPS) is 22.0. The lowest BCUT2D eigenvalue weighted by molar-refractivity contribution is -0.384. The molecule has 1 aliphatic heterocycles. The Balaban J connectivity index is 1.72. The fourth-order valence-electron chi connectivity index (χ4n) is 3.85. The smallest absolute Gasteiger partial charge is 0.329 e. The number of esters is 1. The number of imide groups is 1. The van der Waals surface area contributed by atoms with Crippen molar-refractivity contribution in [1.82, 2.24) is 4.90 Å². The number of carbonyl (C=O) groups excluding carboxylic acids is 3. The van der Waals surface area contributed by atoms with Gasteiger partial charge in [0.15, 0.2) is 0 Å². The quantitative estimate of drug-likeness (QED) is 0.229. The summed E-state index contributed by atoms with van der Waals surface area (Å²) < 4.78 is 5.38. The van der Waals surface area contributed by atoms with Crippen molar-refractivity contribution < 1.29 is 24.0 Å². The molecular weight excluding hydrogens is 376 g/mol. The molecule has 0 bridgehead atoms. The minimum absolute atomic E-state index is 0.0535. The number of amides is 2.